The summed E-state index contributed by atoms with van der Waals surface area (Å²) in [6.07, 6.45) is 5.10. The molecule has 114 valence electrons. The number of hydrogen-bond donors (Lipinski definition) is 0. The number of carbonyl (C=O) groups excluding carboxylic acids is 1. The first kappa shape index (κ1) is 15.9. The lowest BCUT2D eigenvalue weighted by atomic mass is 10.1. The van der Waals surface area contributed by atoms with Crippen molar-refractivity contribution in [1.82, 2.24) is 0 Å². The number of nitro groups is 1. The van der Waals surface area contributed by atoms with Crippen molar-refractivity contribution >= 4 is 33.2 Å². The van der Waals surface area contributed by atoms with Crippen LogP contribution in [0, 0.1) is 10.1 Å². The molecule has 1 heterocycles. The van der Waals surface area contributed by atoms with E-state index in [9.17, 15) is 14.9 Å². The number of carbonyl (C=O) groups is 1. The average Bonchev–Trinajstić information content (AvgIpc) is 2.62. The second-order valence-electron chi connectivity index (χ2n) is 5.22. The zero-order valence-corrected chi connectivity index (χ0v) is 13.5. The first-order valence-electron chi connectivity index (χ1n) is 7.27. The van der Waals surface area contributed by atoms with Crippen molar-refractivity contribution in [3.8, 4) is 0 Å². The summed E-state index contributed by atoms with van der Waals surface area (Å²) in [6, 6.07) is 4.82. The van der Waals surface area contributed by atoms with Crippen LogP contribution in [0.15, 0.2) is 18.2 Å². The normalized spacial score (nSPS) is 14.7. The molecule has 0 atom stereocenters. The van der Waals surface area contributed by atoms with Gasteiger partial charge < -0.3 is 4.90 Å². The van der Waals surface area contributed by atoms with Crippen LogP contribution in [0.5, 0.6) is 0 Å². The predicted octanol–water partition coefficient (Wildman–Crippen LogP) is 3.83. The number of amides is 1. The zero-order chi connectivity index (χ0) is 15.2. The van der Waals surface area contributed by atoms with Crippen LogP contribution in [0.2, 0.25) is 0 Å². The molecule has 1 aromatic rings. The summed E-state index contributed by atoms with van der Waals surface area (Å²) < 4.78 is 0. The first-order chi connectivity index (χ1) is 10.1. The standard InChI is InChI=1S/C15H19BrN2O3/c16-9-2-1-3-10-17-14-8-7-13(18(20)21)11-12(14)5-4-6-15(17)19/h7-8,11H,1-6,9-10H2. The van der Waals surface area contributed by atoms with E-state index in [0.717, 1.165) is 48.7 Å². The number of non-ortho nitro benzene ring substituents is 1. The number of alkyl halides is 1. The number of fused-ring (bicyclic) bond motifs is 1. The number of anilines is 1. The topological polar surface area (TPSA) is 63.4 Å². The second-order valence-corrected chi connectivity index (χ2v) is 6.01. The van der Waals surface area contributed by atoms with E-state index < -0.39 is 0 Å². The van der Waals surface area contributed by atoms with Crippen molar-refractivity contribution < 1.29 is 9.72 Å². The third kappa shape index (κ3) is 4.03. The van der Waals surface area contributed by atoms with E-state index in [-0.39, 0.29) is 16.5 Å². The van der Waals surface area contributed by atoms with E-state index in [1.807, 2.05) is 0 Å². The minimum atomic E-state index is -0.382. The molecule has 0 bridgehead atoms. The number of nitrogens with zero attached hydrogens (tertiary/aromatic N) is 2. The Hall–Kier alpha value is -1.43. The maximum atomic E-state index is 12.2. The van der Waals surface area contributed by atoms with Gasteiger partial charge in [0.2, 0.25) is 5.91 Å². The largest absolute Gasteiger partial charge is 0.312 e. The van der Waals surface area contributed by atoms with Gasteiger partial charge in [-0.1, -0.05) is 22.4 Å². The van der Waals surface area contributed by atoms with Gasteiger partial charge in [-0.2, -0.15) is 0 Å². The van der Waals surface area contributed by atoms with Gasteiger partial charge in [-0.25, -0.2) is 0 Å². The zero-order valence-electron chi connectivity index (χ0n) is 11.9. The fourth-order valence-electron chi connectivity index (χ4n) is 2.63. The van der Waals surface area contributed by atoms with Crippen molar-refractivity contribution in [2.45, 2.75) is 38.5 Å². The number of aryl methyl sites for hydroxylation is 1. The molecular weight excluding hydrogens is 336 g/mol. The number of nitro benzene ring substituents is 1. The molecule has 0 unspecified atom stereocenters. The van der Waals surface area contributed by atoms with Crippen LogP contribution in [0.3, 0.4) is 0 Å². The van der Waals surface area contributed by atoms with Gasteiger partial charge in [0.15, 0.2) is 0 Å². The maximum Gasteiger partial charge on any atom is 0.269 e. The van der Waals surface area contributed by atoms with Crippen LogP contribution in [0.4, 0.5) is 11.4 Å². The van der Waals surface area contributed by atoms with E-state index in [2.05, 4.69) is 15.9 Å². The molecule has 1 aliphatic heterocycles. The van der Waals surface area contributed by atoms with Crippen molar-refractivity contribution in [1.29, 1.82) is 0 Å². The molecule has 21 heavy (non-hydrogen) atoms. The van der Waals surface area contributed by atoms with Crippen LogP contribution in [-0.2, 0) is 11.2 Å². The molecule has 0 saturated heterocycles. The van der Waals surface area contributed by atoms with E-state index in [1.165, 1.54) is 6.07 Å². The van der Waals surface area contributed by atoms with Crippen molar-refractivity contribution in [2.24, 2.45) is 0 Å². The van der Waals surface area contributed by atoms with E-state index in [1.54, 1.807) is 17.0 Å². The van der Waals surface area contributed by atoms with Crippen molar-refractivity contribution in [3.05, 3.63) is 33.9 Å². The Kier molecular flexibility index (Phi) is 5.73. The summed E-state index contributed by atoms with van der Waals surface area (Å²) in [6.45, 7) is 0.691. The Morgan fingerprint density at radius 3 is 2.76 bits per heavy atom. The Balaban J connectivity index is 2.20. The molecule has 0 aliphatic carbocycles. The number of unbranched alkanes of at least 4 members (excludes halogenated alkanes) is 2. The molecule has 0 radical (unpaired) electrons. The monoisotopic (exact) mass is 354 g/mol. The Labute approximate surface area is 132 Å². The number of hydrogen-bond acceptors (Lipinski definition) is 3. The third-order valence-corrected chi connectivity index (χ3v) is 4.28. The van der Waals surface area contributed by atoms with Crippen LogP contribution < -0.4 is 4.90 Å². The number of halogens is 1. The van der Waals surface area contributed by atoms with E-state index >= 15 is 0 Å². The predicted molar refractivity (Wildman–Crippen MR) is 86.0 cm³/mol. The van der Waals surface area contributed by atoms with Gasteiger partial charge in [-0.15, -0.1) is 0 Å². The maximum absolute atomic E-state index is 12.2. The number of benzene rings is 1. The fourth-order valence-corrected chi connectivity index (χ4v) is 3.03. The second kappa shape index (κ2) is 7.54. The molecule has 0 N–H and O–H groups in total. The van der Waals surface area contributed by atoms with Crippen molar-refractivity contribution in [2.75, 3.05) is 16.8 Å². The van der Waals surface area contributed by atoms with Gasteiger partial charge in [0, 0.05) is 36.1 Å². The van der Waals surface area contributed by atoms with Gasteiger partial charge in [-0.05, 0) is 37.3 Å². The molecule has 0 spiro atoms. The molecule has 1 aromatic carbocycles. The molecule has 0 saturated carbocycles. The molecule has 1 aliphatic rings. The Morgan fingerprint density at radius 1 is 1.24 bits per heavy atom. The van der Waals surface area contributed by atoms with Crippen LogP contribution in [0.1, 0.15) is 37.7 Å². The summed E-state index contributed by atoms with van der Waals surface area (Å²) in [5.41, 5.74) is 1.86. The smallest absolute Gasteiger partial charge is 0.269 e. The summed E-state index contributed by atoms with van der Waals surface area (Å²) in [4.78, 5) is 24.5. The fraction of sp³-hybridized carbons (Fsp3) is 0.533. The number of rotatable bonds is 6. The van der Waals surface area contributed by atoms with Crippen molar-refractivity contribution in [3.63, 3.8) is 0 Å². The molecule has 6 heteroatoms. The SMILES string of the molecule is O=C1CCCc2cc([N+](=O)[O-])ccc2N1CCCCCBr. The van der Waals surface area contributed by atoms with Gasteiger partial charge in [0.25, 0.3) is 5.69 Å². The quantitative estimate of drug-likeness (QED) is 0.337. The summed E-state index contributed by atoms with van der Waals surface area (Å²) in [7, 11) is 0. The molecule has 5 nitrogen and oxygen atoms in total. The minimum Gasteiger partial charge on any atom is -0.312 e. The third-order valence-electron chi connectivity index (χ3n) is 3.72. The van der Waals surface area contributed by atoms with Crippen LogP contribution >= 0.6 is 15.9 Å². The van der Waals surface area contributed by atoms with Gasteiger partial charge >= 0.3 is 0 Å². The Bertz CT molecular complexity index is 534. The molecular formula is C15H19BrN2O3. The highest BCUT2D eigenvalue weighted by Gasteiger charge is 2.23. The first-order valence-corrected chi connectivity index (χ1v) is 8.39. The Morgan fingerprint density at radius 2 is 2.05 bits per heavy atom. The molecule has 2 rings (SSSR count). The van der Waals surface area contributed by atoms with Gasteiger partial charge in [-0.3, -0.25) is 14.9 Å². The van der Waals surface area contributed by atoms with Gasteiger partial charge in [0.05, 0.1) is 4.92 Å². The lowest BCUT2D eigenvalue weighted by Gasteiger charge is -2.23. The summed E-state index contributed by atoms with van der Waals surface area (Å²) in [5.74, 6) is 0.126. The minimum absolute atomic E-state index is 0.0994. The van der Waals surface area contributed by atoms with Gasteiger partial charge in [0.1, 0.15) is 0 Å². The highest BCUT2D eigenvalue weighted by molar-refractivity contribution is 9.09. The lowest BCUT2D eigenvalue weighted by Crippen LogP contribution is -2.31. The van der Waals surface area contributed by atoms with E-state index in [0.29, 0.717) is 13.0 Å². The highest BCUT2D eigenvalue weighted by atomic mass is 79.9. The summed E-state index contributed by atoms with van der Waals surface area (Å²) >= 11 is 3.40. The molecule has 1 amide bonds. The van der Waals surface area contributed by atoms with Crippen LogP contribution in [0.25, 0.3) is 0 Å². The molecule has 0 fully saturated rings. The summed E-state index contributed by atoms with van der Waals surface area (Å²) in [5, 5.41) is 11.9. The average molecular weight is 355 g/mol. The van der Waals surface area contributed by atoms with Crippen LogP contribution in [-0.4, -0.2) is 22.7 Å². The lowest BCUT2D eigenvalue weighted by molar-refractivity contribution is -0.384. The molecule has 0 aromatic heterocycles. The highest BCUT2D eigenvalue weighted by Crippen LogP contribution is 2.30. The van der Waals surface area contributed by atoms with E-state index in [4.69, 9.17) is 0 Å².